The van der Waals surface area contributed by atoms with E-state index < -0.39 is 5.91 Å². The van der Waals surface area contributed by atoms with E-state index in [4.69, 9.17) is 4.74 Å². The number of hydrogen-bond donors (Lipinski definition) is 3. The molecule has 0 atom stereocenters. The van der Waals surface area contributed by atoms with Crippen LogP contribution in [0.1, 0.15) is 42.1 Å². The minimum Gasteiger partial charge on any atom is -0.508 e. The van der Waals surface area contributed by atoms with E-state index in [9.17, 15) is 15.0 Å². The monoisotopic (exact) mass is 342 g/mol. The minimum atomic E-state index is -0.565. The number of nitrogens with zero attached hydrogens (tertiary/aromatic N) is 1. The third-order valence-corrected chi connectivity index (χ3v) is 3.50. The number of nitrogens with one attached hydrogen (secondary N) is 1. The lowest BCUT2D eigenvalue weighted by Gasteiger charge is -2.05. The lowest BCUT2D eigenvalue weighted by molar-refractivity contribution is 0.0952. The number of hydrogen-bond acceptors (Lipinski definition) is 5. The molecule has 6 nitrogen and oxygen atoms in total. The second-order valence-electron chi connectivity index (χ2n) is 5.53. The number of hydrazone groups is 1. The molecule has 0 saturated carbocycles. The fourth-order valence-electron chi connectivity index (χ4n) is 2.13. The number of carbonyl (C=O) groups excluding carboxylic acids is 1. The summed E-state index contributed by atoms with van der Waals surface area (Å²) >= 11 is 0. The Labute approximate surface area is 146 Å². The largest absolute Gasteiger partial charge is 0.508 e. The van der Waals surface area contributed by atoms with Crippen LogP contribution in [0.2, 0.25) is 0 Å². The van der Waals surface area contributed by atoms with Gasteiger partial charge in [0.1, 0.15) is 17.2 Å². The summed E-state index contributed by atoms with van der Waals surface area (Å²) in [6.07, 6.45) is 4.85. The zero-order chi connectivity index (χ0) is 18.1. The first-order valence-electron chi connectivity index (χ1n) is 8.18. The van der Waals surface area contributed by atoms with Crippen molar-refractivity contribution in [3.05, 3.63) is 53.6 Å². The Morgan fingerprint density at radius 1 is 1.16 bits per heavy atom. The van der Waals surface area contributed by atoms with Crippen LogP contribution in [0, 0.1) is 0 Å². The van der Waals surface area contributed by atoms with Gasteiger partial charge in [0.2, 0.25) is 0 Å². The molecule has 0 aliphatic rings. The SMILES string of the molecule is CCCCCOc1ccc(/C=N\NC(=O)c2ccc(O)cc2O)cc1. The zero-order valence-corrected chi connectivity index (χ0v) is 14.1. The molecule has 2 rings (SSSR count). The van der Waals surface area contributed by atoms with Crippen LogP contribution in [0.25, 0.3) is 0 Å². The average Bonchev–Trinajstić information content (AvgIpc) is 2.60. The third kappa shape index (κ3) is 5.84. The molecule has 0 aliphatic carbocycles. The predicted molar refractivity (Wildman–Crippen MR) is 96.3 cm³/mol. The van der Waals surface area contributed by atoms with Gasteiger partial charge in [-0.25, -0.2) is 5.43 Å². The Hall–Kier alpha value is -3.02. The third-order valence-electron chi connectivity index (χ3n) is 3.50. The second-order valence-corrected chi connectivity index (χ2v) is 5.53. The Kier molecular flexibility index (Phi) is 6.83. The van der Waals surface area contributed by atoms with Crippen LogP contribution in [-0.4, -0.2) is 28.9 Å². The van der Waals surface area contributed by atoms with Crippen molar-refractivity contribution < 1.29 is 19.7 Å². The number of ether oxygens (including phenoxy) is 1. The van der Waals surface area contributed by atoms with Gasteiger partial charge in [0.05, 0.1) is 18.4 Å². The Morgan fingerprint density at radius 3 is 2.60 bits per heavy atom. The van der Waals surface area contributed by atoms with Gasteiger partial charge in [-0.2, -0.15) is 5.10 Å². The molecular weight excluding hydrogens is 320 g/mol. The van der Waals surface area contributed by atoms with Gasteiger partial charge >= 0.3 is 0 Å². The van der Waals surface area contributed by atoms with E-state index in [0.29, 0.717) is 6.61 Å². The van der Waals surface area contributed by atoms with E-state index in [0.717, 1.165) is 36.6 Å². The van der Waals surface area contributed by atoms with Crippen molar-refractivity contribution in [1.82, 2.24) is 5.43 Å². The molecule has 0 unspecified atom stereocenters. The molecule has 2 aromatic carbocycles. The van der Waals surface area contributed by atoms with E-state index in [-0.39, 0.29) is 17.1 Å². The van der Waals surface area contributed by atoms with Gasteiger partial charge in [0, 0.05) is 6.07 Å². The summed E-state index contributed by atoms with van der Waals surface area (Å²) in [6.45, 7) is 2.85. The smallest absolute Gasteiger partial charge is 0.275 e. The molecule has 0 saturated heterocycles. The molecule has 0 radical (unpaired) electrons. The van der Waals surface area contributed by atoms with Crippen LogP contribution in [0.5, 0.6) is 17.2 Å². The van der Waals surface area contributed by atoms with Gasteiger partial charge in [-0.15, -0.1) is 0 Å². The molecule has 0 bridgehead atoms. The van der Waals surface area contributed by atoms with E-state index in [1.54, 1.807) is 0 Å². The number of phenolic OH excluding ortho intramolecular Hbond substituents is 2. The van der Waals surface area contributed by atoms with Crippen LogP contribution in [0.3, 0.4) is 0 Å². The molecule has 0 aromatic heterocycles. The van der Waals surface area contributed by atoms with Crippen molar-refractivity contribution in [2.75, 3.05) is 6.61 Å². The number of unbranched alkanes of at least 4 members (excludes halogenated alkanes) is 2. The highest BCUT2D eigenvalue weighted by atomic mass is 16.5. The first-order valence-corrected chi connectivity index (χ1v) is 8.18. The van der Waals surface area contributed by atoms with Crippen LogP contribution in [-0.2, 0) is 0 Å². The molecule has 3 N–H and O–H groups in total. The molecule has 0 heterocycles. The summed E-state index contributed by atoms with van der Waals surface area (Å²) in [7, 11) is 0. The Bertz CT molecular complexity index is 727. The summed E-state index contributed by atoms with van der Waals surface area (Å²) in [6, 6.07) is 11.1. The molecule has 6 heteroatoms. The molecular formula is C19H22N2O4. The summed E-state index contributed by atoms with van der Waals surface area (Å²) in [5.41, 5.74) is 3.16. The number of phenols is 2. The first-order chi connectivity index (χ1) is 12.1. The minimum absolute atomic E-state index is 0.0331. The van der Waals surface area contributed by atoms with Crippen molar-refractivity contribution in [2.24, 2.45) is 5.10 Å². The standard InChI is InChI=1S/C19H22N2O4/c1-2-3-4-11-25-16-8-5-14(6-9-16)13-20-21-19(24)17-10-7-15(22)12-18(17)23/h5-10,12-13,22-23H,2-4,11H2,1H3,(H,21,24)/b20-13-. The van der Waals surface area contributed by atoms with Crippen molar-refractivity contribution in [3.63, 3.8) is 0 Å². The maximum atomic E-state index is 11.9. The van der Waals surface area contributed by atoms with Gasteiger partial charge in [0.15, 0.2) is 0 Å². The number of amides is 1. The fourth-order valence-corrected chi connectivity index (χ4v) is 2.13. The molecule has 0 fully saturated rings. The maximum Gasteiger partial charge on any atom is 0.275 e. The molecule has 0 spiro atoms. The Balaban J connectivity index is 1.86. The molecule has 0 aliphatic heterocycles. The summed E-state index contributed by atoms with van der Waals surface area (Å²) in [5.74, 6) is -0.192. The Morgan fingerprint density at radius 2 is 1.92 bits per heavy atom. The van der Waals surface area contributed by atoms with E-state index >= 15 is 0 Å². The normalized spacial score (nSPS) is 10.8. The van der Waals surface area contributed by atoms with Crippen molar-refractivity contribution in [1.29, 1.82) is 0 Å². The van der Waals surface area contributed by atoms with Gasteiger partial charge in [0.25, 0.3) is 5.91 Å². The highest BCUT2D eigenvalue weighted by molar-refractivity contribution is 5.97. The molecule has 1 amide bonds. The fraction of sp³-hybridized carbons (Fsp3) is 0.263. The van der Waals surface area contributed by atoms with Crippen molar-refractivity contribution >= 4 is 12.1 Å². The highest BCUT2D eigenvalue weighted by Gasteiger charge is 2.10. The molecule has 132 valence electrons. The van der Waals surface area contributed by atoms with E-state index in [2.05, 4.69) is 17.5 Å². The van der Waals surface area contributed by atoms with Crippen LogP contribution in [0.15, 0.2) is 47.6 Å². The quantitative estimate of drug-likeness (QED) is 0.389. The summed E-state index contributed by atoms with van der Waals surface area (Å²) in [5, 5.41) is 22.7. The van der Waals surface area contributed by atoms with Gasteiger partial charge < -0.3 is 14.9 Å². The molecule has 25 heavy (non-hydrogen) atoms. The summed E-state index contributed by atoms with van der Waals surface area (Å²) in [4.78, 5) is 11.9. The van der Waals surface area contributed by atoms with Crippen LogP contribution < -0.4 is 10.2 Å². The lowest BCUT2D eigenvalue weighted by Crippen LogP contribution is -2.17. The average molecular weight is 342 g/mol. The van der Waals surface area contributed by atoms with Gasteiger partial charge in [-0.05, 0) is 48.4 Å². The van der Waals surface area contributed by atoms with Crippen LogP contribution >= 0.6 is 0 Å². The molecule has 2 aromatic rings. The maximum absolute atomic E-state index is 11.9. The van der Waals surface area contributed by atoms with Gasteiger partial charge in [-0.3, -0.25) is 4.79 Å². The van der Waals surface area contributed by atoms with Crippen molar-refractivity contribution in [3.8, 4) is 17.2 Å². The lowest BCUT2D eigenvalue weighted by atomic mass is 10.2. The van der Waals surface area contributed by atoms with Crippen molar-refractivity contribution in [2.45, 2.75) is 26.2 Å². The zero-order valence-electron chi connectivity index (χ0n) is 14.1. The first kappa shape index (κ1) is 18.3. The predicted octanol–water partition coefficient (Wildman–Crippen LogP) is 3.43. The van der Waals surface area contributed by atoms with Gasteiger partial charge in [-0.1, -0.05) is 19.8 Å². The van der Waals surface area contributed by atoms with Crippen LogP contribution in [0.4, 0.5) is 0 Å². The van der Waals surface area contributed by atoms with E-state index in [1.807, 2.05) is 24.3 Å². The number of aromatic hydroxyl groups is 2. The number of rotatable bonds is 8. The summed E-state index contributed by atoms with van der Waals surface area (Å²) < 4.78 is 5.62. The highest BCUT2D eigenvalue weighted by Crippen LogP contribution is 2.22. The number of benzene rings is 2. The topological polar surface area (TPSA) is 91.2 Å². The number of carbonyl (C=O) groups is 1. The second kappa shape index (κ2) is 9.32. The van der Waals surface area contributed by atoms with E-state index in [1.165, 1.54) is 18.3 Å².